The number of nitrogens with zero attached hydrogens (tertiary/aromatic N) is 4. The second kappa shape index (κ2) is 10.7. The van der Waals surface area contributed by atoms with Gasteiger partial charge in [-0.25, -0.2) is 9.07 Å². The van der Waals surface area contributed by atoms with Crippen molar-refractivity contribution in [3.63, 3.8) is 0 Å². The first-order valence-electron chi connectivity index (χ1n) is 12.6. The maximum absolute atomic E-state index is 13.3. The first kappa shape index (κ1) is 25.1. The SMILES string of the molecule is Cc1c2cnn(CC(=O)NCCCN3[C@H](C)CCC[C@H]3C)c(=O)c2c(C)n1Cc1ccc(F)cc1. The van der Waals surface area contributed by atoms with Crippen molar-refractivity contribution in [1.82, 2.24) is 24.6 Å². The number of hydrogen-bond acceptors (Lipinski definition) is 4. The quantitative estimate of drug-likeness (QED) is 0.497. The van der Waals surface area contributed by atoms with Gasteiger partial charge in [-0.3, -0.25) is 14.5 Å². The molecule has 35 heavy (non-hydrogen) atoms. The van der Waals surface area contributed by atoms with Crippen molar-refractivity contribution in [2.45, 2.75) is 78.6 Å². The zero-order valence-corrected chi connectivity index (χ0v) is 21.2. The molecule has 2 aromatic heterocycles. The Morgan fingerprint density at radius 1 is 1.11 bits per heavy atom. The van der Waals surface area contributed by atoms with Crippen molar-refractivity contribution in [3.8, 4) is 0 Å². The molecule has 0 spiro atoms. The Hall–Kier alpha value is -3.00. The van der Waals surface area contributed by atoms with Crippen LogP contribution in [0.15, 0.2) is 35.3 Å². The first-order valence-corrected chi connectivity index (χ1v) is 12.6. The summed E-state index contributed by atoms with van der Waals surface area (Å²) in [4.78, 5) is 28.3. The van der Waals surface area contributed by atoms with Gasteiger partial charge in [-0.2, -0.15) is 5.10 Å². The number of fused-ring (bicyclic) bond motifs is 1. The van der Waals surface area contributed by atoms with Gasteiger partial charge in [-0.05, 0) is 64.7 Å². The summed E-state index contributed by atoms with van der Waals surface area (Å²) in [5.41, 5.74) is 2.41. The van der Waals surface area contributed by atoms with E-state index >= 15 is 0 Å². The lowest BCUT2D eigenvalue weighted by atomic mass is 9.97. The fraction of sp³-hybridized carbons (Fsp3) is 0.519. The minimum Gasteiger partial charge on any atom is -0.354 e. The van der Waals surface area contributed by atoms with E-state index in [1.165, 1.54) is 36.1 Å². The number of amides is 1. The minimum absolute atomic E-state index is 0.104. The monoisotopic (exact) mass is 481 g/mol. The predicted octanol–water partition coefficient (Wildman–Crippen LogP) is 3.77. The molecule has 0 radical (unpaired) electrons. The van der Waals surface area contributed by atoms with Gasteiger partial charge in [0.2, 0.25) is 5.91 Å². The number of likely N-dealkylation sites (tertiary alicyclic amines) is 1. The number of benzene rings is 1. The second-order valence-corrected chi connectivity index (χ2v) is 9.85. The smallest absolute Gasteiger partial charge is 0.276 e. The summed E-state index contributed by atoms with van der Waals surface area (Å²) in [6.07, 6.45) is 6.30. The molecule has 0 saturated carbocycles. The molecule has 0 unspecified atom stereocenters. The minimum atomic E-state index is -0.277. The van der Waals surface area contributed by atoms with Gasteiger partial charge >= 0.3 is 0 Å². The van der Waals surface area contributed by atoms with E-state index in [-0.39, 0.29) is 23.8 Å². The van der Waals surface area contributed by atoms with Crippen molar-refractivity contribution in [1.29, 1.82) is 0 Å². The van der Waals surface area contributed by atoms with Crippen LogP contribution in [-0.4, -0.2) is 50.3 Å². The van der Waals surface area contributed by atoms with E-state index in [1.807, 2.05) is 18.4 Å². The Bertz CT molecular complexity index is 1240. The van der Waals surface area contributed by atoms with Gasteiger partial charge in [-0.15, -0.1) is 0 Å². The van der Waals surface area contributed by atoms with Crippen LogP contribution in [0, 0.1) is 19.7 Å². The summed E-state index contributed by atoms with van der Waals surface area (Å²) in [5.74, 6) is -0.486. The number of rotatable bonds is 8. The lowest BCUT2D eigenvalue weighted by molar-refractivity contribution is -0.121. The molecular formula is C27H36FN5O2. The van der Waals surface area contributed by atoms with Gasteiger partial charge in [0.15, 0.2) is 0 Å². The highest BCUT2D eigenvalue weighted by atomic mass is 19.1. The molecule has 1 saturated heterocycles. The molecule has 1 aromatic carbocycles. The number of aromatic nitrogens is 3. The average molecular weight is 482 g/mol. The summed E-state index contributed by atoms with van der Waals surface area (Å²) in [6.45, 7) is 10.4. The molecule has 3 heterocycles. The van der Waals surface area contributed by atoms with E-state index < -0.39 is 0 Å². The Labute approximate surface area is 205 Å². The van der Waals surface area contributed by atoms with Crippen LogP contribution in [0.4, 0.5) is 4.39 Å². The van der Waals surface area contributed by atoms with E-state index in [0.717, 1.165) is 35.3 Å². The third-order valence-corrected chi connectivity index (χ3v) is 7.44. The summed E-state index contributed by atoms with van der Waals surface area (Å²) < 4.78 is 16.5. The van der Waals surface area contributed by atoms with Crippen LogP contribution in [0.5, 0.6) is 0 Å². The van der Waals surface area contributed by atoms with E-state index in [2.05, 4.69) is 29.2 Å². The standard InChI is InChI=1S/C27H36FN5O2/c1-18-7-5-8-19(2)31(18)14-6-13-29-25(34)17-33-27(35)26-21(4)32(20(3)24(26)15-30-33)16-22-9-11-23(28)12-10-22/h9-12,15,18-19H,5-8,13-14,16-17H2,1-4H3,(H,29,34)/t18-,19-/m1/s1. The molecular weight excluding hydrogens is 445 g/mol. The van der Waals surface area contributed by atoms with Gasteiger partial charge in [-0.1, -0.05) is 18.6 Å². The lowest BCUT2D eigenvalue weighted by Gasteiger charge is -2.39. The molecule has 188 valence electrons. The van der Waals surface area contributed by atoms with Crippen LogP contribution in [0.3, 0.4) is 0 Å². The number of hydrogen-bond donors (Lipinski definition) is 1. The lowest BCUT2D eigenvalue weighted by Crippen LogP contribution is -2.45. The summed E-state index contributed by atoms with van der Waals surface area (Å²) in [5, 5.41) is 8.56. The number of halogens is 1. The Morgan fingerprint density at radius 3 is 2.49 bits per heavy atom. The molecule has 1 aliphatic rings. The summed E-state index contributed by atoms with van der Waals surface area (Å²) in [7, 11) is 0. The normalized spacial score (nSPS) is 18.8. The van der Waals surface area contributed by atoms with Crippen LogP contribution in [0.25, 0.3) is 10.8 Å². The molecule has 1 fully saturated rings. The van der Waals surface area contributed by atoms with Crippen molar-refractivity contribution in [2.75, 3.05) is 13.1 Å². The molecule has 3 aromatic rings. The zero-order valence-electron chi connectivity index (χ0n) is 21.2. The molecule has 1 N–H and O–H groups in total. The Kier molecular flexibility index (Phi) is 7.69. The molecule has 4 rings (SSSR count). The fourth-order valence-electron chi connectivity index (χ4n) is 5.36. The van der Waals surface area contributed by atoms with E-state index in [4.69, 9.17) is 0 Å². The number of nitrogens with one attached hydrogen (secondary N) is 1. The van der Waals surface area contributed by atoms with Crippen molar-refractivity contribution in [2.24, 2.45) is 0 Å². The maximum Gasteiger partial charge on any atom is 0.276 e. The van der Waals surface area contributed by atoms with Gasteiger partial charge < -0.3 is 9.88 Å². The second-order valence-electron chi connectivity index (χ2n) is 9.85. The molecule has 1 amide bonds. The highest BCUT2D eigenvalue weighted by Crippen LogP contribution is 2.24. The maximum atomic E-state index is 13.3. The van der Waals surface area contributed by atoms with Crippen molar-refractivity contribution >= 4 is 16.7 Å². The summed E-state index contributed by atoms with van der Waals surface area (Å²) >= 11 is 0. The van der Waals surface area contributed by atoms with E-state index in [0.29, 0.717) is 30.6 Å². The number of carbonyl (C=O) groups excluding carboxylic acids is 1. The highest BCUT2D eigenvalue weighted by molar-refractivity contribution is 5.87. The van der Waals surface area contributed by atoms with Crippen LogP contribution < -0.4 is 10.9 Å². The topological polar surface area (TPSA) is 72.2 Å². The Morgan fingerprint density at radius 2 is 1.80 bits per heavy atom. The Balaban J connectivity index is 1.41. The van der Waals surface area contributed by atoms with Crippen molar-refractivity contribution < 1.29 is 9.18 Å². The summed E-state index contributed by atoms with van der Waals surface area (Å²) in [6, 6.07) is 7.53. The molecule has 8 heteroatoms. The van der Waals surface area contributed by atoms with Gasteiger partial charge in [0.05, 0.1) is 11.6 Å². The molecule has 0 aliphatic carbocycles. The van der Waals surface area contributed by atoms with Gasteiger partial charge in [0, 0.05) is 48.5 Å². The van der Waals surface area contributed by atoms with E-state index in [9.17, 15) is 14.0 Å². The largest absolute Gasteiger partial charge is 0.354 e. The average Bonchev–Trinajstić information content (AvgIpc) is 3.06. The van der Waals surface area contributed by atoms with Crippen LogP contribution in [0.2, 0.25) is 0 Å². The molecule has 7 nitrogen and oxygen atoms in total. The molecule has 2 atom stereocenters. The predicted molar refractivity (Wildman–Crippen MR) is 136 cm³/mol. The first-order chi connectivity index (χ1) is 16.8. The number of piperidine rings is 1. The van der Waals surface area contributed by atoms with Crippen LogP contribution in [0.1, 0.15) is 56.5 Å². The van der Waals surface area contributed by atoms with Gasteiger partial charge in [0.25, 0.3) is 5.56 Å². The molecule has 1 aliphatic heterocycles. The molecule has 0 bridgehead atoms. The van der Waals surface area contributed by atoms with Crippen LogP contribution >= 0.6 is 0 Å². The van der Waals surface area contributed by atoms with Crippen molar-refractivity contribution in [3.05, 3.63) is 63.6 Å². The third kappa shape index (κ3) is 5.48. The number of aryl methyl sites for hydroxylation is 2. The zero-order chi connectivity index (χ0) is 25.1. The van der Waals surface area contributed by atoms with E-state index in [1.54, 1.807) is 18.3 Å². The van der Waals surface area contributed by atoms with Crippen LogP contribution in [-0.2, 0) is 17.9 Å². The third-order valence-electron chi connectivity index (χ3n) is 7.44. The van der Waals surface area contributed by atoms with Gasteiger partial charge in [0.1, 0.15) is 12.4 Å². The fourth-order valence-corrected chi connectivity index (χ4v) is 5.36. The highest BCUT2D eigenvalue weighted by Gasteiger charge is 2.24. The number of carbonyl (C=O) groups is 1.